The van der Waals surface area contributed by atoms with E-state index in [-0.39, 0.29) is 17.1 Å². The van der Waals surface area contributed by atoms with Crippen LogP contribution in [-0.2, 0) is 10.3 Å². The molecule has 2 amide bonds. The topological polar surface area (TPSA) is 82.6 Å². The standard InChI is InChI=1S/C24H34N6O2/c1-25-21-27-16-20(17-28-21)29-18-23(30(22(29)31)14-7-15-32-3)10-12-24(26-2,13-11-23)19-8-5-4-6-9-19/h4-6,8-9,16-17,26H,7,10-15,18H2,1-3H3,(H,25,27,28)/t23-,24+. The van der Waals surface area contributed by atoms with Crippen LogP contribution in [0.25, 0.3) is 0 Å². The molecule has 0 atom stereocenters. The zero-order valence-corrected chi connectivity index (χ0v) is 19.3. The Morgan fingerprint density at radius 2 is 1.75 bits per heavy atom. The Hall–Kier alpha value is -2.71. The molecule has 1 saturated carbocycles. The monoisotopic (exact) mass is 438 g/mol. The van der Waals surface area contributed by atoms with Gasteiger partial charge in [0, 0.05) is 32.8 Å². The van der Waals surface area contributed by atoms with Crippen molar-refractivity contribution in [2.75, 3.05) is 51.1 Å². The molecule has 4 rings (SSSR count). The van der Waals surface area contributed by atoms with Crippen LogP contribution in [0.4, 0.5) is 16.4 Å². The molecule has 2 heterocycles. The molecule has 0 radical (unpaired) electrons. The molecule has 2 N–H and O–H groups in total. The molecule has 1 aromatic carbocycles. The number of methoxy groups -OCH3 is 1. The molecule has 1 spiro atoms. The van der Waals surface area contributed by atoms with Crippen molar-refractivity contribution in [2.24, 2.45) is 0 Å². The van der Waals surface area contributed by atoms with Crippen molar-refractivity contribution < 1.29 is 9.53 Å². The number of hydrogen-bond donors (Lipinski definition) is 2. The maximum atomic E-state index is 13.6. The molecule has 32 heavy (non-hydrogen) atoms. The fourth-order valence-corrected chi connectivity index (χ4v) is 5.30. The number of benzene rings is 1. The van der Waals surface area contributed by atoms with Crippen molar-refractivity contribution in [3.8, 4) is 0 Å². The first-order valence-corrected chi connectivity index (χ1v) is 11.4. The van der Waals surface area contributed by atoms with E-state index in [1.54, 1.807) is 26.6 Å². The molecule has 1 aliphatic carbocycles. The van der Waals surface area contributed by atoms with Crippen LogP contribution in [0.5, 0.6) is 0 Å². The van der Waals surface area contributed by atoms with Crippen LogP contribution in [0.2, 0.25) is 0 Å². The predicted molar refractivity (Wildman–Crippen MR) is 126 cm³/mol. The summed E-state index contributed by atoms with van der Waals surface area (Å²) in [6, 6.07) is 10.7. The summed E-state index contributed by atoms with van der Waals surface area (Å²) < 4.78 is 5.27. The number of anilines is 2. The lowest BCUT2D eigenvalue weighted by molar-refractivity contribution is 0.0722. The second kappa shape index (κ2) is 9.42. The van der Waals surface area contributed by atoms with E-state index in [2.05, 4.69) is 55.8 Å². The van der Waals surface area contributed by atoms with Gasteiger partial charge in [0.1, 0.15) is 0 Å². The van der Waals surface area contributed by atoms with E-state index in [4.69, 9.17) is 4.74 Å². The summed E-state index contributed by atoms with van der Waals surface area (Å²) in [6.07, 6.45) is 8.11. The zero-order valence-electron chi connectivity index (χ0n) is 19.3. The highest BCUT2D eigenvalue weighted by Gasteiger charge is 2.53. The summed E-state index contributed by atoms with van der Waals surface area (Å²) in [5.74, 6) is 0.548. The number of carbonyl (C=O) groups excluding carboxylic acids is 1. The second-order valence-electron chi connectivity index (χ2n) is 8.80. The molecule has 8 heteroatoms. The summed E-state index contributed by atoms with van der Waals surface area (Å²) in [6.45, 7) is 2.00. The third-order valence-corrected chi connectivity index (χ3v) is 7.23. The van der Waals surface area contributed by atoms with Gasteiger partial charge in [0.15, 0.2) is 0 Å². The summed E-state index contributed by atoms with van der Waals surface area (Å²) >= 11 is 0. The normalized spacial score (nSPS) is 25.5. The molecule has 0 unspecified atom stereocenters. The molecule has 2 aromatic rings. The van der Waals surface area contributed by atoms with Gasteiger partial charge in [-0.3, -0.25) is 4.90 Å². The van der Waals surface area contributed by atoms with Crippen molar-refractivity contribution in [3.63, 3.8) is 0 Å². The third kappa shape index (κ3) is 4.04. The van der Waals surface area contributed by atoms with Crippen molar-refractivity contribution in [3.05, 3.63) is 48.3 Å². The van der Waals surface area contributed by atoms with E-state index in [0.717, 1.165) is 37.8 Å². The predicted octanol–water partition coefficient (Wildman–Crippen LogP) is 3.22. The largest absolute Gasteiger partial charge is 0.385 e. The molecule has 1 saturated heterocycles. The van der Waals surface area contributed by atoms with E-state index < -0.39 is 0 Å². The minimum absolute atomic E-state index is 0.0404. The highest BCUT2D eigenvalue weighted by molar-refractivity contribution is 5.95. The minimum atomic E-state index is -0.193. The Morgan fingerprint density at radius 1 is 1.06 bits per heavy atom. The molecular formula is C24H34N6O2. The molecule has 1 aromatic heterocycles. The average Bonchev–Trinajstić information content (AvgIpc) is 3.12. The highest BCUT2D eigenvalue weighted by Crippen LogP contribution is 2.47. The molecule has 1 aliphatic heterocycles. The number of ether oxygens (including phenoxy) is 1. The van der Waals surface area contributed by atoms with Gasteiger partial charge in [-0.25, -0.2) is 14.8 Å². The van der Waals surface area contributed by atoms with E-state index >= 15 is 0 Å². The first-order valence-electron chi connectivity index (χ1n) is 11.4. The van der Waals surface area contributed by atoms with Crippen molar-refractivity contribution in [2.45, 2.75) is 43.2 Å². The van der Waals surface area contributed by atoms with Crippen molar-refractivity contribution >= 4 is 17.7 Å². The Balaban J connectivity index is 1.59. The van der Waals surface area contributed by atoms with Gasteiger partial charge in [-0.1, -0.05) is 30.3 Å². The van der Waals surface area contributed by atoms with Gasteiger partial charge in [0.25, 0.3) is 0 Å². The van der Waals surface area contributed by atoms with Crippen LogP contribution < -0.4 is 15.5 Å². The number of carbonyl (C=O) groups is 1. The molecule has 8 nitrogen and oxygen atoms in total. The van der Waals surface area contributed by atoms with E-state index in [9.17, 15) is 4.79 Å². The number of urea groups is 1. The first kappa shape index (κ1) is 22.5. The van der Waals surface area contributed by atoms with Gasteiger partial charge in [0.05, 0.1) is 30.2 Å². The maximum absolute atomic E-state index is 13.6. The van der Waals surface area contributed by atoms with E-state index in [1.165, 1.54) is 5.56 Å². The fourth-order valence-electron chi connectivity index (χ4n) is 5.30. The first-order chi connectivity index (χ1) is 15.6. The highest BCUT2D eigenvalue weighted by atomic mass is 16.5. The molecule has 2 fully saturated rings. The molecular weight excluding hydrogens is 404 g/mol. The summed E-state index contributed by atoms with van der Waals surface area (Å²) in [7, 11) is 5.54. The van der Waals surface area contributed by atoms with Crippen LogP contribution in [-0.4, -0.2) is 67.3 Å². The van der Waals surface area contributed by atoms with Gasteiger partial charge in [-0.05, 0) is 44.7 Å². The Kier molecular flexibility index (Phi) is 6.62. The van der Waals surface area contributed by atoms with Gasteiger partial charge in [-0.2, -0.15) is 0 Å². The number of nitrogens with one attached hydrogen (secondary N) is 2. The number of hydrogen-bond acceptors (Lipinski definition) is 6. The third-order valence-electron chi connectivity index (χ3n) is 7.23. The summed E-state index contributed by atoms with van der Waals surface area (Å²) in [5.41, 5.74) is 1.82. The quantitative estimate of drug-likeness (QED) is 0.616. The number of rotatable bonds is 8. The van der Waals surface area contributed by atoms with Gasteiger partial charge in [-0.15, -0.1) is 0 Å². The van der Waals surface area contributed by atoms with E-state index in [1.807, 2.05) is 11.9 Å². The van der Waals surface area contributed by atoms with Crippen LogP contribution in [0.1, 0.15) is 37.7 Å². The Labute approximate surface area is 190 Å². The van der Waals surface area contributed by atoms with Crippen LogP contribution in [0, 0.1) is 0 Å². The average molecular weight is 439 g/mol. The summed E-state index contributed by atoms with van der Waals surface area (Å²) in [5, 5.41) is 6.54. The SMILES string of the molecule is CNc1ncc(N2C[C@]3(CC[C@@](NC)(c4ccccc4)CC3)N(CCCOC)C2=O)cn1. The van der Waals surface area contributed by atoms with Crippen molar-refractivity contribution in [1.29, 1.82) is 0 Å². The van der Waals surface area contributed by atoms with Crippen LogP contribution in [0.3, 0.4) is 0 Å². The second-order valence-corrected chi connectivity index (χ2v) is 8.80. The Morgan fingerprint density at radius 3 is 2.34 bits per heavy atom. The zero-order chi connectivity index (χ0) is 22.6. The lowest BCUT2D eigenvalue weighted by Crippen LogP contribution is -2.55. The molecule has 172 valence electrons. The summed E-state index contributed by atoms with van der Waals surface area (Å²) in [4.78, 5) is 26.1. The van der Waals surface area contributed by atoms with Gasteiger partial charge >= 0.3 is 6.03 Å². The molecule has 2 aliphatic rings. The number of amides is 2. The lowest BCUT2D eigenvalue weighted by atomic mass is 9.69. The van der Waals surface area contributed by atoms with E-state index in [0.29, 0.717) is 25.6 Å². The lowest BCUT2D eigenvalue weighted by Gasteiger charge is -2.48. The molecule has 0 bridgehead atoms. The van der Waals surface area contributed by atoms with Crippen LogP contribution >= 0.6 is 0 Å². The van der Waals surface area contributed by atoms with Crippen LogP contribution in [0.15, 0.2) is 42.7 Å². The minimum Gasteiger partial charge on any atom is -0.385 e. The Bertz CT molecular complexity index is 896. The van der Waals surface area contributed by atoms with Gasteiger partial charge < -0.3 is 20.3 Å². The smallest absolute Gasteiger partial charge is 0.325 e. The van der Waals surface area contributed by atoms with Crippen molar-refractivity contribution in [1.82, 2.24) is 20.2 Å². The fraction of sp³-hybridized carbons (Fsp3) is 0.542. The number of nitrogens with zero attached hydrogens (tertiary/aromatic N) is 4. The number of aromatic nitrogens is 2. The maximum Gasteiger partial charge on any atom is 0.325 e. The van der Waals surface area contributed by atoms with Gasteiger partial charge in [0.2, 0.25) is 5.95 Å².